The molecule has 0 fully saturated rings. The molecular formula is C16H21NO3S. The van der Waals surface area contributed by atoms with Gasteiger partial charge in [-0.25, -0.2) is 4.79 Å². The summed E-state index contributed by atoms with van der Waals surface area (Å²) in [5, 5.41) is 10.2. The predicted molar refractivity (Wildman–Crippen MR) is 87.1 cm³/mol. The molecule has 2 rings (SSSR count). The van der Waals surface area contributed by atoms with Crippen LogP contribution in [0, 0.1) is 0 Å². The first kappa shape index (κ1) is 15.9. The second-order valence-corrected chi connectivity index (χ2v) is 6.04. The summed E-state index contributed by atoms with van der Waals surface area (Å²) in [6.45, 7) is 2.66. The molecule has 1 N–H and O–H groups in total. The number of carboxylic acids is 1. The van der Waals surface area contributed by atoms with Crippen molar-refractivity contribution >= 4 is 28.7 Å². The number of fused-ring (bicyclic) bond motifs is 1. The molecule has 0 amide bonds. The van der Waals surface area contributed by atoms with E-state index in [1.165, 1.54) is 0 Å². The highest BCUT2D eigenvalue weighted by Gasteiger charge is 2.22. The number of furan rings is 1. The second-order valence-electron chi connectivity index (χ2n) is 5.13. The maximum Gasteiger partial charge on any atom is 0.339 e. The summed E-state index contributed by atoms with van der Waals surface area (Å²) < 4.78 is 5.77. The fourth-order valence-corrected chi connectivity index (χ4v) is 3.42. The lowest BCUT2D eigenvalue weighted by Crippen LogP contribution is -2.33. The van der Waals surface area contributed by atoms with Gasteiger partial charge in [0.25, 0.3) is 0 Å². The third-order valence-electron chi connectivity index (χ3n) is 3.73. The number of benzene rings is 1. The summed E-state index contributed by atoms with van der Waals surface area (Å²) in [6, 6.07) is 7.71. The zero-order valence-electron chi connectivity index (χ0n) is 12.6. The van der Waals surface area contributed by atoms with Crippen LogP contribution in [0.25, 0.3) is 11.0 Å². The average molecular weight is 307 g/mol. The Kier molecular flexibility index (Phi) is 5.31. The maximum atomic E-state index is 11.6. The molecule has 0 spiro atoms. The third kappa shape index (κ3) is 3.41. The van der Waals surface area contributed by atoms with Gasteiger partial charge in [0.2, 0.25) is 0 Å². The van der Waals surface area contributed by atoms with Crippen molar-refractivity contribution in [2.45, 2.75) is 25.9 Å². The molecule has 1 heterocycles. The number of aromatic carboxylic acids is 1. The van der Waals surface area contributed by atoms with Crippen LogP contribution in [0.2, 0.25) is 0 Å². The molecule has 2 aromatic rings. The SMILES string of the molecule is CCC(CSC)N(C)Cc1oc2ccccc2c1C(=O)O. The van der Waals surface area contributed by atoms with E-state index >= 15 is 0 Å². The Morgan fingerprint density at radius 2 is 2.14 bits per heavy atom. The van der Waals surface area contributed by atoms with Gasteiger partial charge >= 0.3 is 5.97 Å². The maximum absolute atomic E-state index is 11.6. The van der Waals surface area contributed by atoms with Gasteiger partial charge in [-0.15, -0.1) is 0 Å². The summed E-state index contributed by atoms with van der Waals surface area (Å²) in [6.07, 6.45) is 3.11. The van der Waals surface area contributed by atoms with Crippen molar-refractivity contribution in [3.05, 3.63) is 35.6 Å². The molecule has 5 heteroatoms. The monoisotopic (exact) mass is 307 g/mol. The van der Waals surface area contributed by atoms with Gasteiger partial charge in [-0.2, -0.15) is 11.8 Å². The van der Waals surface area contributed by atoms with E-state index in [-0.39, 0.29) is 5.56 Å². The summed E-state index contributed by atoms with van der Waals surface area (Å²) in [5.41, 5.74) is 0.924. The Balaban J connectivity index is 2.33. The smallest absolute Gasteiger partial charge is 0.339 e. The van der Waals surface area contributed by atoms with Crippen molar-refractivity contribution in [1.29, 1.82) is 0 Å². The molecule has 0 saturated carbocycles. The van der Waals surface area contributed by atoms with Crippen LogP contribution in [0.5, 0.6) is 0 Å². The third-order valence-corrected chi connectivity index (χ3v) is 4.45. The van der Waals surface area contributed by atoms with E-state index in [1.807, 2.05) is 25.2 Å². The molecule has 0 aliphatic carbocycles. The Hall–Kier alpha value is -1.46. The van der Waals surface area contributed by atoms with Gasteiger partial charge in [-0.1, -0.05) is 25.1 Å². The van der Waals surface area contributed by atoms with Gasteiger partial charge in [0.05, 0.1) is 6.54 Å². The van der Waals surface area contributed by atoms with Crippen LogP contribution in [0.1, 0.15) is 29.5 Å². The van der Waals surface area contributed by atoms with E-state index in [2.05, 4.69) is 18.1 Å². The van der Waals surface area contributed by atoms with Crippen LogP contribution >= 0.6 is 11.8 Å². The first-order chi connectivity index (χ1) is 10.1. The standard InChI is InChI=1S/C16H21NO3S/c1-4-11(10-21-3)17(2)9-14-15(16(18)19)12-7-5-6-8-13(12)20-14/h5-8,11H,4,9-10H2,1-3H3,(H,18,19). The van der Waals surface area contributed by atoms with Gasteiger partial charge in [-0.3, -0.25) is 4.90 Å². The van der Waals surface area contributed by atoms with Gasteiger partial charge in [0.1, 0.15) is 16.9 Å². The lowest BCUT2D eigenvalue weighted by atomic mass is 10.1. The molecule has 114 valence electrons. The molecule has 21 heavy (non-hydrogen) atoms. The van der Waals surface area contributed by atoms with Gasteiger partial charge in [0.15, 0.2) is 0 Å². The Labute approximate surface area is 129 Å². The molecule has 1 atom stereocenters. The quantitative estimate of drug-likeness (QED) is 0.845. The zero-order valence-corrected chi connectivity index (χ0v) is 13.4. The highest BCUT2D eigenvalue weighted by atomic mass is 32.2. The summed E-state index contributed by atoms with van der Waals surface area (Å²) in [7, 11) is 2.02. The van der Waals surface area contributed by atoms with E-state index < -0.39 is 5.97 Å². The highest BCUT2D eigenvalue weighted by Crippen LogP contribution is 2.27. The van der Waals surface area contributed by atoms with Crippen LogP contribution in [-0.4, -0.2) is 41.1 Å². The van der Waals surface area contributed by atoms with Crippen molar-refractivity contribution in [2.24, 2.45) is 0 Å². The lowest BCUT2D eigenvalue weighted by Gasteiger charge is -2.25. The number of para-hydroxylation sites is 1. The van der Waals surface area contributed by atoms with Crippen molar-refractivity contribution in [1.82, 2.24) is 4.90 Å². The predicted octanol–water partition coefficient (Wildman–Crippen LogP) is 3.70. The van der Waals surface area contributed by atoms with Crippen molar-refractivity contribution in [3.8, 4) is 0 Å². The molecule has 0 saturated heterocycles. The lowest BCUT2D eigenvalue weighted by molar-refractivity contribution is 0.0694. The number of hydrogen-bond donors (Lipinski definition) is 1. The van der Waals surface area contributed by atoms with Gasteiger partial charge in [-0.05, 0) is 25.8 Å². The minimum Gasteiger partial charge on any atom is -0.478 e. The summed E-state index contributed by atoms with van der Waals surface area (Å²) in [5.74, 6) is 0.627. The molecule has 1 aromatic heterocycles. The first-order valence-electron chi connectivity index (χ1n) is 7.01. The topological polar surface area (TPSA) is 53.7 Å². The summed E-state index contributed by atoms with van der Waals surface area (Å²) >= 11 is 1.80. The number of carbonyl (C=O) groups is 1. The number of thioether (sulfide) groups is 1. The molecular weight excluding hydrogens is 286 g/mol. The molecule has 1 aromatic carbocycles. The van der Waals surface area contributed by atoms with E-state index in [1.54, 1.807) is 17.8 Å². The van der Waals surface area contributed by atoms with E-state index in [0.29, 0.717) is 29.3 Å². The molecule has 4 nitrogen and oxygen atoms in total. The normalized spacial score (nSPS) is 13.0. The average Bonchev–Trinajstić information content (AvgIpc) is 2.82. The Bertz CT molecular complexity index is 623. The number of hydrogen-bond acceptors (Lipinski definition) is 4. The van der Waals surface area contributed by atoms with Gasteiger partial charge in [0, 0.05) is 17.2 Å². The van der Waals surface area contributed by atoms with Crippen LogP contribution in [-0.2, 0) is 6.54 Å². The zero-order chi connectivity index (χ0) is 15.4. The van der Waals surface area contributed by atoms with E-state index in [4.69, 9.17) is 4.42 Å². The Morgan fingerprint density at radius 3 is 2.76 bits per heavy atom. The second kappa shape index (κ2) is 7.00. The van der Waals surface area contributed by atoms with Crippen LogP contribution < -0.4 is 0 Å². The van der Waals surface area contributed by atoms with Crippen molar-refractivity contribution in [2.75, 3.05) is 19.1 Å². The van der Waals surface area contributed by atoms with Crippen molar-refractivity contribution < 1.29 is 14.3 Å². The van der Waals surface area contributed by atoms with Crippen LogP contribution in [0.3, 0.4) is 0 Å². The highest BCUT2D eigenvalue weighted by molar-refractivity contribution is 7.98. The van der Waals surface area contributed by atoms with Crippen LogP contribution in [0.4, 0.5) is 0 Å². The number of rotatable bonds is 7. The fraction of sp³-hybridized carbons (Fsp3) is 0.438. The van der Waals surface area contributed by atoms with Gasteiger partial charge < -0.3 is 9.52 Å². The van der Waals surface area contributed by atoms with E-state index in [9.17, 15) is 9.90 Å². The number of nitrogens with zero attached hydrogens (tertiary/aromatic N) is 1. The molecule has 0 bridgehead atoms. The number of carboxylic acid groups (broad SMARTS) is 1. The van der Waals surface area contributed by atoms with Crippen molar-refractivity contribution in [3.63, 3.8) is 0 Å². The molecule has 0 radical (unpaired) electrons. The fourth-order valence-electron chi connectivity index (χ4n) is 2.55. The Morgan fingerprint density at radius 1 is 1.43 bits per heavy atom. The van der Waals surface area contributed by atoms with Crippen LogP contribution in [0.15, 0.2) is 28.7 Å². The minimum atomic E-state index is -0.929. The molecule has 1 unspecified atom stereocenters. The molecule has 0 aliphatic rings. The van der Waals surface area contributed by atoms with E-state index in [0.717, 1.165) is 12.2 Å². The molecule has 0 aliphatic heterocycles. The largest absolute Gasteiger partial charge is 0.478 e. The minimum absolute atomic E-state index is 0.288. The summed E-state index contributed by atoms with van der Waals surface area (Å²) in [4.78, 5) is 13.7. The first-order valence-corrected chi connectivity index (χ1v) is 8.40.